The van der Waals surface area contributed by atoms with Crippen molar-refractivity contribution in [1.82, 2.24) is 0 Å². The normalized spacial score (nSPS) is 24.0. The van der Waals surface area contributed by atoms with Crippen LogP contribution in [0, 0.1) is 5.41 Å². The highest BCUT2D eigenvalue weighted by molar-refractivity contribution is 5.87. The van der Waals surface area contributed by atoms with E-state index in [0.717, 1.165) is 16.9 Å². The molecule has 1 unspecified atom stereocenters. The Balaban J connectivity index is 1.94. The molecule has 1 aliphatic rings. The second-order valence-corrected chi connectivity index (χ2v) is 6.08. The molecular weight excluding hydrogens is 290 g/mol. The molecule has 0 bridgehead atoms. The lowest BCUT2D eigenvalue weighted by Gasteiger charge is -2.24. The van der Waals surface area contributed by atoms with Crippen molar-refractivity contribution in [1.29, 1.82) is 0 Å². The van der Waals surface area contributed by atoms with Crippen LogP contribution >= 0.6 is 0 Å². The molecule has 3 atom stereocenters. The maximum atomic E-state index is 12.3. The quantitative estimate of drug-likeness (QED) is 0.860. The maximum Gasteiger partial charge on any atom is 0.224 e. The van der Waals surface area contributed by atoms with E-state index in [0.29, 0.717) is 6.42 Å². The number of amides is 1. The molecule has 1 amide bonds. The molecule has 3 N–H and O–H groups in total. The van der Waals surface area contributed by atoms with Crippen molar-refractivity contribution in [3.05, 3.63) is 65.7 Å². The minimum atomic E-state index is -0.718. The van der Waals surface area contributed by atoms with Gasteiger partial charge in [-0.2, -0.15) is 0 Å². The van der Waals surface area contributed by atoms with E-state index in [9.17, 15) is 9.90 Å². The standard InChI is InChI=1S/C19H21NO3/c1-23-15-9-7-14(8-10-15)16-11-19(16,18(20)22)17(12-21)13-5-3-2-4-6-13/h2-10,16-17,21H,11-12H2,1H3,(H2,20,22)/t16-,17?,19+/m0/s1. The van der Waals surface area contributed by atoms with Gasteiger partial charge in [0.25, 0.3) is 0 Å². The molecule has 4 nitrogen and oxygen atoms in total. The van der Waals surface area contributed by atoms with Gasteiger partial charge >= 0.3 is 0 Å². The first kappa shape index (κ1) is 15.6. The fourth-order valence-corrected chi connectivity index (χ4v) is 3.61. The summed E-state index contributed by atoms with van der Waals surface area (Å²) >= 11 is 0. The van der Waals surface area contributed by atoms with Crippen LogP contribution in [0.15, 0.2) is 54.6 Å². The highest BCUT2D eigenvalue weighted by Gasteiger charge is 2.63. The summed E-state index contributed by atoms with van der Waals surface area (Å²) in [5.74, 6) is 0.179. The second-order valence-electron chi connectivity index (χ2n) is 6.08. The van der Waals surface area contributed by atoms with E-state index < -0.39 is 5.41 Å². The van der Waals surface area contributed by atoms with Gasteiger partial charge in [-0.15, -0.1) is 0 Å². The minimum Gasteiger partial charge on any atom is -0.497 e. The van der Waals surface area contributed by atoms with Crippen LogP contribution in [-0.2, 0) is 4.79 Å². The average Bonchev–Trinajstić information content (AvgIpc) is 3.33. The highest BCUT2D eigenvalue weighted by Crippen LogP contribution is 2.66. The lowest BCUT2D eigenvalue weighted by atomic mass is 9.80. The van der Waals surface area contributed by atoms with E-state index >= 15 is 0 Å². The first-order valence-electron chi connectivity index (χ1n) is 7.73. The van der Waals surface area contributed by atoms with Crippen LogP contribution < -0.4 is 10.5 Å². The minimum absolute atomic E-state index is 0.0308. The number of methoxy groups -OCH3 is 1. The zero-order chi connectivity index (χ0) is 16.4. The van der Waals surface area contributed by atoms with E-state index in [2.05, 4.69) is 0 Å². The van der Waals surface area contributed by atoms with Crippen molar-refractivity contribution < 1.29 is 14.6 Å². The molecule has 0 heterocycles. The molecule has 4 heteroatoms. The maximum absolute atomic E-state index is 12.3. The average molecular weight is 311 g/mol. The van der Waals surface area contributed by atoms with Crippen LogP contribution in [0.1, 0.15) is 29.4 Å². The third-order valence-corrected chi connectivity index (χ3v) is 4.99. The summed E-state index contributed by atoms with van der Waals surface area (Å²) in [5.41, 5.74) is 7.04. The number of nitrogens with two attached hydrogens (primary N) is 1. The Morgan fingerprint density at radius 3 is 2.43 bits per heavy atom. The van der Waals surface area contributed by atoms with Gasteiger partial charge in [0.2, 0.25) is 5.91 Å². The largest absolute Gasteiger partial charge is 0.497 e. The molecule has 0 aromatic heterocycles. The Hall–Kier alpha value is -2.33. The number of rotatable bonds is 6. The SMILES string of the molecule is COc1ccc([C@@H]2C[C@]2(C(N)=O)C(CO)c2ccccc2)cc1. The fraction of sp³-hybridized carbons (Fsp3) is 0.316. The van der Waals surface area contributed by atoms with Gasteiger partial charge in [-0.05, 0) is 29.7 Å². The van der Waals surface area contributed by atoms with Crippen molar-refractivity contribution >= 4 is 5.91 Å². The number of hydrogen-bond donors (Lipinski definition) is 2. The zero-order valence-corrected chi connectivity index (χ0v) is 13.1. The molecule has 1 saturated carbocycles. The molecule has 1 aliphatic carbocycles. The topological polar surface area (TPSA) is 72.5 Å². The Morgan fingerprint density at radius 1 is 1.26 bits per heavy atom. The van der Waals surface area contributed by atoms with Crippen LogP contribution in [0.3, 0.4) is 0 Å². The van der Waals surface area contributed by atoms with Gasteiger partial charge in [0.15, 0.2) is 0 Å². The second kappa shape index (κ2) is 6.05. The molecule has 0 radical (unpaired) electrons. The summed E-state index contributed by atoms with van der Waals surface area (Å²) in [6, 6.07) is 17.3. The van der Waals surface area contributed by atoms with E-state index in [1.54, 1.807) is 7.11 Å². The van der Waals surface area contributed by atoms with Crippen LogP contribution in [0.25, 0.3) is 0 Å². The Kier molecular flexibility index (Phi) is 4.09. The summed E-state index contributed by atoms with van der Waals surface area (Å²) in [5, 5.41) is 9.92. The Bertz CT molecular complexity index is 684. The smallest absolute Gasteiger partial charge is 0.224 e. The monoisotopic (exact) mass is 311 g/mol. The van der Waals surface area contributed by atoms with Gasteiger partial charge in [0.05, 0.1) is 19.1 Å². The number of aliphatic hydroxyl groups excluding tert-OH is 1. The third kappa shape index (κ3) is 2.59. The fourth-order valence-electron chi connectivity index (χ4n) is 3.61. The van der Waals surface area contributed by atoms with Gasteiger partial charge in [0, 0.05) is 11.8 Å². The lowest BCUT2D eigenvalue weighted by Crippen LogP contribution is -2.34. The number of carbonyl (C=O) groups is 1. The molecule has 0 aliphatic heterocycles. The zero-order valence-electron chi connectivity index (χ0n) is 13.1. The first-order valence-corrected chi connectivity index (χ1v) is 7.73. The van der Waals surface area contributed by atoms with Crippen LogP contribution in [0.4, 0.5) is 0 Å². The first-order chi connectivity index (χ1) is 11.1. The van der Waals surface area contributed by atoms with E-state index in [-0.39, 0.29) is 24.3 Å². The number of benzene rings is 2. The summed E-state index contributed by atoms with van der Waals surface area (Å²) < 4.78 is 5.18. The molecule has 120 valence electrons. The number of hydrogen-bond acceptors (Lipinski definition) is 3. The van der Waals surface area contributed by atoms with Crippen molar-refractivity contribution in [3.8, 4) is 5.75 Å². The number of ether oxygens (including phenoxy) is 1. The predicted octanol–water partition coefficient (Wildman–Crippen LogP) is 2.43. The predicted molar refractivity (Wildman–Crippen MR) is 88.2 cm³/mol. The summed E-state index contributed by atoms with van der Waals surface area (Å²) in [4.78, 5) is 12.3. The van der Waals surface area contributed by atoms with E-state index in [4.69, 9.17) is 10.5 Å². The summed E-state index contributed by atoms with van der Waals surface area (Å²) in [7, 11) is 1.62. The lowest BCUT2D eigenvalue weighted by molar-refractivity contribution is -0.124. The third-order valence-electron chi connectivity index (χ3n) is 4.99. The molecule has 2 aromatic carbocycles. The number of aliphatic hydroxyl groups is 1. The molecule has 23 heavy (non-hydrogen) atoms. The summed E-state index contributed by atoms with van der Waals surface area (Å²) in [6.07, 6.45) is 0.661. The van der Waals surface area contributed by atoms with Gasteiger partial charge < -0.3 is 15.6 Å². The van der Waals surface area contributed by atoms with E-state index in [1.165, 1.54) is 0 Å². The summed E-state index contributed by atoms with van der Waals surface area (Å²) in [6.45, 7) is -0.0976. The van der Waals surface area contributed by atoms with Gasteiger partial charge in [-0.25, -0.2) is 0 Å². The van der Waals surface area contributed by atoms with Crippen molar-refractivity contribution in [2.45, 2.75) is 18.3 Å². The number of primary amides is 1. The van der Waals surface area contributed by atoms with Crippen LogP contribution in [0.5, 0.6) is 5.75 Å². The molecule has 1 fully saturated rings. The van der Waals surface area contributed by atoms with Crippen LogP contribution in [0.2, 0.25) is 0 Å². The molecule has 0 spiro atoms. The van der Waals surface area contributed by atoms with Gasteiger partial charge in [-0.1, -0.05) is 42.5 Å². The van der Waals surface area contributed by atoms with Crippen LogP contribution in [-0.4, -0.2) is 24.7 Å². The molecule has 0 saturated heterocycles. The highest BCUT2D eigenvalue weighted by atomic mass is 16.5. The van der Waals surface area contributed by atoms with Crippen molar-refractivity contribution in [2.75, 3.05) is 13.7 Å². The molecule has 2 aromatic rings. The Morgan fingerprint density at radius 2 is 1.91 bits per heavy atom. The Labute approximate surface area is 135 Å². The molecule has 3 rings (SSSR count). The van der Waals surface area contributed by atoms with Gasteiger partial charge in [0.1, 0.15) is 5.75 Å². The van der Waals surface area contributed by atoms with Crippen molar-refractivity contribution in [2.24, 2.45) is 11.1 Å². The van der Waals surface area contributed by atoms with Crippen molar-refractivity contribution in [3.63, 3.8) is 0 Å². The van der Waals surface area contributed by atoms with E-state index in [1.807, 2.05) is 54.6 Å². The van der Waals surface area contributed by atoms with Gasteiger partial charge in [-0.3, -0.25) is 4.79 Å². The molecular formula is C19H21NO3. The number of carbonyl (C=O) groups excluding carboxylic acids is 1.